The van der Waals surface area contributed by atoms with Gasteiger partial charge in [0.15, 0.2) is 0 Å². The number of fused-ring (bicyclic) bond motifs is 1. The van der Waals surface area contributed by atoms with Crippen LogP contribution >= 0.6 is 0 Å². The number of unbranched alkanes of at least 4 members (excludes halogenated alkanes) is 1. The first kappa shape index (κ1) is 30.8. The maximum Gasteiger partial charge on any atom is 0.248 e. The Morgan fingerprint density at radius 1 is 1.12 bits per heavy atom. The van der Waals surface area contributed by atoms with Gasteiger partial charge in [-0.2, -0.15) is 0 Å². The molecule has 3 heterocycles. The lowest BCUT2D eigenvalue weighted by molar-refractivity contribution is -0.151. The second-order valence-electron chi connectivity index (χ2n) is 11.4. The Bertz CT molecular complexity index is 1140. The smallest absolute Gasteiger partial charge is 0.248 e. The van der Waals surface area contributed by atoms with Crippen LogP contribution in [0.5, 0.6) is 5.75 Å². The number of aliphatic hydroxyl groups is 1. The van der Waals surface area contributed by atoms with E-state index in [1.807, 2.05) is 38.1 Å². The largest absolute Gasteiger partial charge is 0.494 e. The Morgan fingerprint density at radius 3 is 2.44 bits per heavy atom. The number of hydrogen-bond donors (Lipinski definition) is 1. The van der Waals surface area contributed by atoms with Gasteiger partial charge in [0.25, 0.3) is 0 Å². The molecule has 1 spiro atoms. The number of likely N-dealkylation sites (tertiary alicyclic amines) is 1. The fourth-order valence-corrected chi connectivity index (χ4v) is 7.04. The Hall–Kier alpha value is -3.17. The third kappa shape index (κ3) is 5.42. The second kappa shape index (κ2) is 12.8. The molecular formula is C32H45N3O6. The molecule has 0 radical (unpaired) electrons. The predicted octanol–water partition coefficient (Wildman–Crippen LogP) is 3.57. The fourth-order valence-electron chi connectivity index (χ4n) is 7.04. The van der Waals surface area contributed by atoms with Crippen molar-refractivity contribution < 1.29 is 29.0 Å². The van der Waals surface area contributed by atoms with Crippen LogP contribution in [0.3, 0.4) is 0 Å². The molecule has 1 N–H and O–H groups in total. The molecule has 9 nitrogen and oxygen atoms in total. The summed E-state index contributed by atoms with van der Waals surface area (Å²) in [5, 5.41) is 9.62. The molecule has 5 atom stereocenters. The van der Waals surface area contributed by atoms with Crippen molar-refractivity contribution in [2.45, 2.75) is 70.1 Å². The number of rotatable bonds is 15. The van der Waals surface area contributed by atoms with Crippen LogP contribution in [0, 0.1) is 11.8 Å². The third-order valence-corrected chi connectivity index (χ3v) is 8.81. The van der Waals surface area contributed by atoms with Gasteiger partial charge in [-0.3, -0.25) is 14.4 Å². The van der Waals surface area contributed by atoms with Gasteiger partial charge in [-0.1, -0.05) is 25.5 Å². The maximum absolute atomic E-state index is 14.4. The van der Waals surface area contributed by atoms with Gasteiger partial charge < -0.3 is 29.3 Å². The number of benzene rings is 1. The van der Waals surface area contributed by atoms with E-state index >= 15 is 0 Å². The molecule has 0 aliphatic carbocycles. The third-order valence-electron chi connectivity index (χ3n) is 8.81. The summed E-state index contributed by atoms with van der Waals surface area (Å²) in [5.74, 6) is -1.52. The zero-order chi connectivity index (χ0) is 29.8. The van der Waals surface area contributed by atoms with Gasteiger partial charge in [-0.15, -0.1) is 13.2 Å². The van der Waals surface area contributed by atoms with Gasteiger partial charge in [0.05, 0.1) is 24.0 Å². The minimum atomic E-state index is -1.11. The van der Waals surface area contributed by atoms with Crippen LogP contribution in [0.25, 0.3) is 0 Å². The second-order valence-corrected chi connectivity index (χ2v) is 11.4. The van der Waals surface area contributed by atoms with E-state index in [4.69, 9.17) is 9.47 Å². The molecule has 224 valence electrons. The summed E-state index contributed by atoms with van der Waals surface area (Å²) >= 11 is 0. The molecule has 2 unspecified atom stereocenters. The summed E-state index contributed by atoms with van der Waals surface area (Å²) < 4.78 is 12.3. The first-order valence-corrected chi connectivity index (χ1v) is 14.9. The molecule has 3 fully saturated rings. The van der Waals surface area contributed by atoms with Crippen LogP contribution in [0.15, 0.2) is 49.6 Å². The Kier molecular flexibility index (Phi) is 9.59. The molecule has 0 aromatic heterocycles. The van der Waals surface area contributed by atoms with E-state index in [2.05, 4.69) is 20.1 Å². The highest BCUT2D eigenvalue weighted by atomic mass is 16.5. The number of carbonyl (C=O) groups is 3. The van der Waals surface area contributed by atoms with Crippen molar-refractivity contribution in [1.82, 2.24) is 9.80 Å². The Balaban J connectivity index is 1.74. The van der Waals surface area contributed by atoms with Crippen molar-refractivity contribution in [2.24, 2.45) is 11.8 Å². The molecular weight excluding hydrogens is 522 g/mol. The zero-order valence-corrected chi connectivity index (χ0v) is 24.7. The molecule has 41 heavy (non-hydrogen) atoms. The first-order valence-electron chi connectivity index (χ1n) is 14.9. The van der Waals surface area contributed by atoms with Crippen molar-refractivity contribution in [1.29, 1.82) is 0 Å². The van der Waals surface area contributed by atoms with Crippen molar-refractivity contribution >= 4 is 23.4 Å². The lowest BCUT2D eigenvalue weighted by Gasteiger charge is -2.37. The molecule has 3 saturated heterocycles. The highest BCUT2D eigenvalue weighted by Gasteiger charge is 2.78. The highest BCUT2D eigenvalue weighted by molar-refractivity contribution is 6.03. The summed E-state index contributed by atoms with van der Waals surface area (Å²) in [6, 6.07) is 6.44. The van der Waals surface area contributed by atoms with Gasteiger partial charge in [-0.25, -0.2) is 0 Å². The van der Waals surface area contributed by atoms with Crippen LogP contribution in [-0.2, 0) is 19.1 Å². The van der Waals surface area contributed by atoms with Gasteiger partial charge in [-0.05, 0) is 63.8 Å². The number of carbonyl (C=O) groups excluding carboxylic acids is 3. The van der Waals surface area contributed by atoms with Gasteiger partial charge >= 0.3 is 0 Å². The summed E-state index contributed by atoms with van der Waals surface area (Å²) in [5.41, 5.74) is -1.33. The number of anilines is 1. The van der Waals surface area contributed by atoms with Gasteiger partial charge in [0.2, 0.25) is 17.7 Å². The minimum Gasteiger partial charge on any atom is -0.494 e. The van der Waals surface area contributed by atoms with Crippen LogP contribution in [0.4, 0.5) is 5.69 Å². The Labute approximate surface area is 243 Å². The predicted molar refractivity (Wildman–Crippen MR) is 157 cm³/mol. The number of hydrogen-bond acceptors (Lipinski definition) is 6. The monoisotopic (exact) mass is 567 g/mol. The molecule has 9 heteroatoms. The van der Waals surface area contributed by atoms with E-state index < -0.39 is 29.1 Å². The molecule has 1 aromatic carbocycles. The molecule has 3 aliphatic heterocycles. The van der Waals surface area contributed by atoms with Crippen LogP contribution in [-0.4, -0.2) is 89.3 Å². The van der Waals surface area contributed by atoms with Crippen molar-refractivity contribution in [3.63, 3.8) is 0 Å². The Morgan fingerprint density at radius 2 is 1.83 bits per heavy atom. The topological polar surface area (TPSA) is 99.6 Å². The van der Waals surface area contributed by atoms with E-state index in [0.717, 1.165) is 12.8 Å². The lowest BCUT2D eigenvalue weighted by atomic mass is 9.66. The molecule has 1 aromatic rings. The molecule has 0 saturated carbocycles. The number of aliphatic hydroxyl groups excluding tert-OH is 1. The first-order chi connectivity index (χ1) is 19.7. The number of amides is 3. The van der Waals surface area contributed by atoms with Crippen LogP contribution < -0.4 is 9.64 Å². The van der Waals surface area contributed by atoms with Crippen molar-refractivity contribution in [2.75, 3.05) is 44.3 Å². The summed E-state index contributed by atoms with van der Waals surface area (Å²) in [4.78, 5) is 47.9. The standard InChI is InChI=1S/C32H45N3O6/c1-6-10-20-33(18-7-2)30(39)27-32-17-16-31(5,41-32)25(26(32)29(38)35(27)21-11-22-36)28(37)34(19-8-3)23-12-14-24(15-13-23)40-9-4/h7-8,12-15,25-27,36H,2-3,6,9-11,16-22H2,1,4-5H3/t25-,26-,27?,31+,32?/m0/s1. The summed E-state index contributed by atoms with van der Waals surface area (Å²) in [7, 11) is 0. The van der Waals surface area contributed by atoms with Crippen molar-refractivity contribution in [3.05, 3.63) is 49.6 Å². The quantitative estimate of drug-likeness (QED) is 0.326. The highest BCUT2D eigenvalue weighted by Crippen LogP contribution is 2.63. The number of nitrogens with zero attached hydrogens (tertiary/aromatic N) is 3. The SMILES string of the molecule is C=CCN(CCCC)C(=O)C1N(CCCO)C(=O)[C@@H]2[C@@H](C(=O)N(CC=C)c3ccc(OCC)cc3)[C@@]3(C)CCC12O3. The number of ether oxygens (including phenoxy) is 2. The van der Waals surface area contributed by atoms with Crippen molar-refractivity contribution in [3.8, 4) is 5.75 Å². The van der Waals surface area contributed by atoms with E-state index in [0.29, 0.717) is 50.4 Å². The summed E-state index contributed by atoms with van der Waals surface area (Å²) in [6.07, 6.45) is 6.51. The van der Waals surface area contributed by atoms with Crippen LogP contribution in [0.1, 0.15) is 52.9 Å². The summed E-state index contributed by atoms with van der Waals surface area (Å²) in [6.45, 7) is 15.4. The maximum atomic E-state index is 14.4. The molecule has 3 amide bonds. The normalized spacial score (nSPS) is 28.0. The van der Waals surface area contributed by atoms with E-state index in [-0.39, 0.29) is 37.4 Å². The minimum absolute atomic E-state index is 0.111. The van der Waals surface area contributed by atoms with E-state index in [9.17, 15) is 19.5 Å². The zero-order valence-electron chi connectivity index (χ0n) is 24.7. The van der Waals surface area contributed by atoms with E-state index in [1.54, 1.807) is 26.9 Å². The molecule has 4 rings (SSSR count). The van der Waals surface area contributed by atoms with Gasteiger partial charge in [0, 0.05) is 38.5 Å². The average molecular weight is 568 g/mol. The van der Waals surface area contributed by atoms with Gasteiger partial charge in [0.1, 0.15) is 17.4 Å². The molecule has 3 aliphatic rings. The average Bonchev–Trinajstić information content (AvgIpc) is 3.53. The molecule has 2 bridgehead atoms. The fraction of sp³-hybridized carbons (Fsp3) is 0.594. The van der Waals surface area contributed by atoms with Crippen LogP contribution in [0.2, 0.25) is 0 Å². The lowest BCUT2D eigenvalue weighted by Crippen LogP contribution is -2.56. The van der Waals surface area contributed by atoms with E-state index in [1.165, 1.54) is 0 Å².